The van der Waals surface area contributed by atoms with Gasteiger partial charge >= 0.3 is 0 Å². The van der Waals surface area contributed by atoms with Crippen molar-refractivity contribution in [1.29, 1.82) is 5.26 Å². The number of anilines is 1. The molecule has 6 heteroatoms. The van der Waals surface area contributed by atoms with Gasteiger partial charge in [0.2, 0.25) is 0 Å². The van der Waals surface area contributed by atoms with Gasteiger partial charge in [0.15, 0.2) is 6.10 Å². The quantitative estimate of drug-likeness (QED) is 0.907. The Labute approximate surface area is 138 Å². The van der Waals surface area contributed by atoms with Gasteiger partial charge in [-0.2, -0.15) is 5.26 Å². The average molecular weight is 335 g/mol. The topological polar surface area (TPSA) is 62.1 Å². The Bertz CT molecular complexity index is 741. The summed E-state index contributed by atoms with van der Waals surface area (Å²) in [6.07, 6.45) is -0.760. The second-order valence-electron chi connectivity index (χ2n) is 4.49. The lowest BCUT2D eigenvalue weighted by Crippen LogP contribution is -2.30. The van der Waals surface area contributed by atoms with Crippen LogP contribution in [0.1, 0.15) is 12.5 Å². The first-order valence-electron chi connectivity index (χ1n) is 6.43. The highest BCUT2D eigenvalue weighted by molar-refractivity contribution is 6.44. The van der Waals surface area contributed by atoms with E-state index in [0.717, 1.165) is 0 Å². The second-order valence-corrected chi connectivity index (χ2v) is 5.28. The molecule has 0 saturated heterocycles. The van der Waals surface area contributed by atoms with Crippen LogP contribution < -0.4 is 10.1 Å². The van der Waals surface area contributed by atoms with E-state index in [1.807, 2.05) is 6.07 Å². The van der Waals surface area contributed by atoms with Crippen LogP contribution in [-0.4, -0.2) is 12.0 Å². The number of amides is 1. The first-order valence-corrected chi connectivity index (χ1v) is 7.18. The van der Waals surface area contributed by atoms with Gasteiger partial charge in [-0.25, -0.2) is 0 Å². The van der Waals surface area contributed by atoms with Gasteiger partial charge < -0.3 is 10.1 Å². The van der Waals surface area contributed by atoms with Crippen molar-refractivity contribution in [3.63, 3.8) is 0 Å². The van der Waals surface area contributed by atoms with E-state index >= 15 is 0 Å². The third kappa shape index (κ3) is 3.91. The van der Waals surface area contributed by atoms with Crippen LogP contribution >= 0.6 is 23.2 Å². The smallest absolute Gasteiger partial charge is 0.265 e. The van der Waals surface area contributed by atoms with Crippen LogP contribution in [0, 0.1) is 11.3 Å². The summed E-state index contributed by atoms with van der Waals surface area (Å²) in [5, 5.41) is 12.1. The number of carbonyl (C=O) groups excluding carboxylic acids is 1. The van der Waals surface area contributed by atoms with Gasteiger partial charge in [0.1, 0.15) is 5.75 Å². The van der Waals surface area contributed by atoms with Crippen LogP contribution in [0.2, 0.25) is 10.0 Å². The monoisotopic (exact) mass is 334 g/mol. The SMILES string of the molecule is CC(Oc1cccc(C#N)c1)C(=O)Nc1cccc(Cl)c1Cl. The fourth-order valence-electron chi connectivity index (χ4n) is 1.73. The van der Waals surface area contributed by atoms with E-state index in [2.05, 4.69) is 5.32 Å². The van der Waals surface area contributed by atoms with Crippen molar-refractivity contribution in [1.82, 2.24) is 0 Å². The van der Waals surface area contributed by atoms with Crippen LogP contribution in [0.3, 0.4) is 0 Å². The number of benzene rings is 2. The summed E-state index contributed by atoms with van der Waals surface area (Å²) in [6.45, 7) is 1.60. The molecule has 0 aliphatic heterocycles. The van der Waals surface area contributed by atoms with Crippen molar-refractivity contribution in [3.8, 4) is 11.8 Å². The molecular formula is C16H12Cl2N2O2. The van der Waals surface area contributed by atoms with Gasteiger partial charge in [0.25, 0.3) is 5.91 Å². The zero-order valence-electron chi connectivity index (χ0n) is 11.6. The molecule has 0 heterocycles. The molecule has 0 bridgehead atoms. The molecule has 0 aromatic heterocycles. The molecule has 0 spiro atoms. The summed E-state index contributed by atoms with van der Waals surface area (Å²) in [4.78, 5) is 12.1. The largest absolute Gasteiger partial charge is 0.481 e. The Kier molecular flexibility index (Phi) is 5.26. The lowest BCUT2D eigenvalue weighted by atomic mass is 10.2. The first-order chi connectivity index (χ1) is 10.5. The number of hydrogen-bond donors (Lipinski definition) is 1. The molecule has 2 aromatic rings. The Balaban J connectivity index is 2.06. The van der Waals surface area contributed by atoms with E-state index in [9.17, 15) is 4.79 Å². The highest BCUT2D eigenvalue weighted by atomic mass is 35.5. The molecular weight excluding hydrogens is 323 g/mol. The maximum atomic E-state index is 12.1. The summed E-state index contributed by atoms with van der Waals surface area (Å²) in [5.41, 5.74) is 0.878. The van der Waals surface area contributed by atoms with Crippen LogP contribution in [0.5, 0.6) is 5.75 Å². The summed E-state index contributed by atoms with van der Waals surface area (Å²) < 4.78 is 5.52. The molecule has 2 rings (SSSR count). The third-order valence-corrected chi connectivity index (χ3v) is 3.67. The number of nitrogens with zero attached hydrogens (tertiary/aromatic N) is 1. The Morgan fingerprint density at radius 3 is 2.73 bits per heavy atom. The average Bonchev–Trinajstić information content (AvgIpc) is 2.52. The highest BCUT2D eigenvalue weighted by Crippen LogP contribution is 2.29. The van der Waals surface area contributed by atoms with Crippen molar-refractivity contribution in [3.05, 3.63) is 58.1 Å². The fraction of sp³-hybridized carbons (Fsp3) is 0.125. The molecule has 0 aliphatic rings. The van der Waals surface area contributed by atoms with E-state index in [1.165, 1.54) is 0 Å². The predicted molar refractivity (Wildman–Crippen MR) is 86.3 cm³/mol. The number of ether oxygens (including phenoxy) is 1. The molecule has 2 aromatic carbocycles. The zero-order chi connectivity index (χ0) is 16.1. The van der Waals surface area contributed by atoms with E-state index in [1.54, 1.807) is 49.4 Å². The molecule has 0 radical (unpaired) electrons. The van der Waals surface area contributed by atoms with Crippen molar-refractivity contribution < 1.29 is 9.53 Å². The number of carbonyl (C=O) groups is 1. The summed E-state index contributed by atoms with van der Waals surface area (Å²) in [5.74, 6) is 0.0745. The number of rotatable bonds is 4. The van der Waals surface area contributed by atoms with Crippen molar-refractivity contribution in [2.45, 2.75) is 13.0 Å². The Morgan fingerprint density at radius 1 is 1.27 bits per heavy atom. The molecule has 0 aliphatic carbocycles. The third-order valence-electron chi connectivity index (χ3n) is 2.85. The maximum Gasteiger partial charge on any atom is 0.265 e. The molecule has 1 amide bonds. The second kappa shape index (κ2) is 7.17. The van der Waals surface area contributed by atoms with E-state index in [-0.39, 0.29) is 10.9 Å². The van der Waals surface area contributed by atoms with Crippen molar-refractivity contribution in [2.24, 2.45) is 0 Å². The van der Waals surface area contributed by atoms with Gasteiger partial charge in [-0.1, -0.05) is 35.3 Å². The molecule has 1 unspecified atom stereocenters. The minimum absolute atomic E-state index is 0.274. The van der Waals surface area contributed by atoms with Crippen LogP contribution in [0.25, 0.3) is 0 Å². The maximum absolute atomic E-state index is 12.1. The van der Waals surface area contributed by atoms with Gasteiger partial charge in [0.05, 0.1) is 27.4 Å². The van der Waals surface area contributed by atoms with E-state index < -0.39 is 6.10 Å². The lowest BCUT2D eigenvalue weighted by molar-refractivity contribution is -0.122. The van der Waals surface area contributed by atoms with Gasteiger partial charge in [-0.3, -0.25) is 4.79 Å². The van der Waals surface area contributed by atoms with Crippen LogP contribution in [0.4, 0.5) is 5.69 Å². The fourth-order valence-corrected chi connectivity index (χ4v) is 2.08. The van der Waals surface area contributed by atoms with Crippen molar-refractivity contribution in [2.75, 3.05) is 5.32 Å². The molecule has 112 valence electrons. The molecule has 22 heavy (non-hydrogen) atoms. The van der Waals surface area contributed by atoms with Crippen LogP contribution in [-0.2, 0) is 4.79 Å². The van der Waals surface area contributed by atoms with Gasteiger partial charge in [-0.05, 0) is 37.3 Å². The highest BCUT2D eigenvalue weighted by Gasteiger charge is 2.17. The number of nitriles is 1. The number of hydrogen-bond acceptors (Lipinski definition) is 3. The molecule has 1 N–H and O–H groups in total. The Morgan fingerprint density at radius 2 is 2.00 bits per heavy atom. The molecule has 0 fully saturated rings. The van der Waals surface area contributed by atoms with E-state index in [4.69, 9.17) is 33.2 Å². The lowest BCUT2D eigenvalue weighted by Gasteiger charge is -2.15. The van der Waals surface area contributed by atoms with Gasteiger partial charge in [0, 0.05) is 0 Å². The predicted octanol–water partition coefficient (Wildman–Crippen LogP) is 4.27. The summed E-state index contributed by atoms with van der Waals surface area (Å²) in [7, 11) is 0. The Hall–Kier alpha value is -2.22. The normalized spacial score (nSPS) is 11.4. The minimum Gasteiger partial charge on any atom is -0.481 e. The summed E-state index contributed by atoms with van der Waals surface area (Å²) in [6, 6.07) is 13.6. The molecule has 4 nitrogen and oxygen atoms in total. The van der Waals surface area contributed by atoms with Crippen LogP contribution in [0.15, 0.2) is 42.5 Å². The minimum atomic E-state index is -0.760. The number of halogens is 2. The number of nitrogens with one attached hydrogen (secondary N) is 1. The standard InChI is InChI=1S/C16H12Cl2N2O2/c1-10(22-12-5-2-4-11(8-12)9-19)16(21)20-14-7-3-6-13(17)15(14)18/h2-8,10H,1H3,(H,20,21). The summed E-state index contributed by atoms with van der Waals surface area (Å²) >= 11 is 11.9. The van der Waals surface area contributed by atoms with Crippen molar-refractivity contribution >= 4 is 34.8 Å². The molecule has 0 saturated carbocycles. The molecule has 1 atom stereocenters. The van der Waals surface area contributed by atoms with Gasteiger partial charge in [-0.15, -0.1) is 0 Å². The zero-order valence-corrected chi connectivity index (χ0v) is 13.2. The first kappa shape index (κ1) is 16.2. The van der Waals surface area contributed by atoms with E-state index in [0.29, 0.717) is 22.0 Å².